The van der Waals surface area contributed by atoms with Gasteiger partial charge in [-0.25, -0.2) is 18.2 Å². The number of rotatable bonds is 7. The zero-order chi connectivity index (χ0) is 22.9. The van der Waals surface area contributed by atoms with Crippen LogP contribution in [0.25, 0.3) is 0 Å². The van der Waals surface area contributed by atoms with Crippen LogP contribution in [0, 0.1) is 24.6 Å². The Morgan fingerprint density at radius 3 is 2.62 bits per heavy atom. The zero-order valence-corrected chi connectivity index (χ0v) is 19.8. The third-order valence-electron chi connectivity index (χ3n) is 6.13. The topological polar surface area (TPSA) is 61.9 Å². The zero-order valence-electron chi connectivity index (χ0n) is 19.0. The standard InChI is InChI=1S/C24H32FN3O3S/c1-17(2)15-28(23-6-4-21(25)12-18(23)3)32(29,30)22-5-7-24-20(13-22)14-26-27(24)16-19-8-10-31-11-9-19/h4-7,12-13,17,19,26H,8-11,14-16H2,1-3H3. The van der Waals surface area contributed by atoms with Gasteiger partial charge in [0.2, 0.25) is 0 Å². The van der Waals surface area contributed by atoms with Crippen molar-refractivity contribution < 1.29 is 17.5 Å². The van der Waals surface area contributed by atoms with E-state index in [1.54, 1.807) is 25.1 Å². The second-order valence-electron chi connectivity index (χ2n) is 9.15. The number of benzene rings is 2. The van der Waals surface area contributed by atoms with E-state index in [9.17, 15) is 12.8 Å². The number of sulfonamides is 1. The molecule has 4 rings (SSSR count). The number of hydrogen-bond donors (Lipinski definition) is 1. The van der Waals surface area contributed by atoms with Crippen molar-refractivity contribution in [3.63, 3.8) is 0 Å². The van der Waals surface area contributed by atoms with Crippen molar-refractivity contribution in [1.29, 1.82) is 0 Å². The van der Waals surface area contributed by atoms with Gasteiger partial charge in [0.25, 0.3) is 10.0 Å². The summed E-state index contributed by atoms with van der Waals surface area (Å²) in [7, 11) is -3.80. The minimum absolute atomic E-state index is 0.111. The van der Waals surface area contributed by atoms with Crippen molar-refractivity contribution in [3.05, 3.63) is 53.3 Å². The van der Waals surface area contributed by atoms with Crippen molar-refractivity contribution in [2.45, 2.75) is 45.1 Å². The molecule has 0 spiro atoms. The van der Waals surface area contributed by atoms with Gasteiger partial charge in [-0.15, -0.1) is 0 Å². The highest BCUT2D eigenvalue weighted by atomic mass is 32.2. The van der Waals surface area contributed by atoms with Gasteiger partial charge >= 0.3 is 0 Å². The number of halogens is 1. The molecule has 1 fully saturated rings. The van der Waals surface area contributed by atoms with E-state index in [-0.39, 0.29) is 16.6 Å². The number of anilines is 2. The van der Waals surface area contributed by atoms with Gasteiger partial charge in [0.05, 0.1) is 16.3 Å². The van der Waals surface area contributed by atoms with E-state index in [0.717, 1.165) is 43.9 Å². The van der Waals surface area contributed by atoms with Crippen LogP contribution in [0.5, 0.6) is 0 Å². The summed E-state index contributed by atoms with van der Waals surface area (Å²) in [5.74, 6) is 0.301. The first-order valence-electron chi connectivity index (χ1n) is 11.3. The minimum Gasteiger partial charge on any atom is -0.381 e. The van der Waals surface area contributed by atoms with Crippen molar-refractivity contribution in [1.82, 2.24) is 5.43 Å². The molecule has 2 aliphatic heterocycles. The second-order valence-corrected chi connectivity index (χ2v) is 11.0. The highest BCUT2D eigenvalue weighted by molar-refractivity contribution is 7.92. The first kappa shape index (κ1) is 23.0. The van der Waals surface area contributed by atoms with E-state index in [1.807, 2.05) is 19.9 Å². The molecular weight excluding hydrogens is 429 g/mol. The fraction of sp³-hybridized carbons (Fsp3) is 0.500. The number of hydrogen-bond acceptors (Lipinski definition) is 5. The number of aryl methyl sites for hydroxylation is 1. The van der Waals surface area contributed by atoms with Gasteiger partial charge < -0.3 is 9.75 Å². The smallest absolute Gasteiger partial charge is 0.264 e. The molecule has 0 aromatic heterocycles. The van der Waals surface area contributed by atoms with E-state index in [1.165, 1.54) is 16.4 Å². The van der Waals surface area contributed by atoms with Gasteiger partial charge in [-0.1, -0.05) is 13.8 Å². The normalized spacial score (nSPS) is 17.1. The molecule has 0 bridgehead atoms. The molecule has 0 radical (unpaired) electrons. The van der Waals surface area contributed by atoms with Crippen molar-refractivity contribution >= 4 is 21.4 Å². The Labute approximate surface area is 190 Å². The number of ether oxygens (including phenoxy) is 1. The molecule has 0 amide bonds. The Kier molecular flexibility index (Phi) is 6.74. The molecule has 0 aliphatic carbocycles. The Hall–Kier alpha value is -2.16. The first-order valence-corrected chi connectivity index (χ1v) is 12.7. The van der Waals surface area contributed by atoms with Crippen LogP contribution >= 0.6 is 0 Å². The van der Waals surface area contributed by atoms with E-state index in [0.29, 0.717) is 30.3 Å². The monoisotopic (exact) mass is 461 g/mol. The summed E-state index contributed by atoms with van der Waals surface area (Å²) in [6, 6.07) is 9.59. The molecule has 1 saturated heterocycles. The summed E-state index contributed by atoms with van der Waals surface area (Å²) in [6.07, 6.45) is 2.09. The maximum absolute atomic E-state index is 13.7. The lowest BCUT2D eigenvalue weighted by Gasteiger charge is -2.29. The summed E-state index contributed by atoms with van der Waals surface area (Å²) in [6.45, 7) is 9.10. The van der Waals surface area contributed by atoms with Gasteiger partial charge in [0.15, 0.2) is 0 Å². The third kappa shape index (κ3) is 4.77. The maximum atomic E-state index is 13.7. The van der Waals surface area contributed by atoms with Crippen LogP contribution in [0.1, 0.15) is 37.8 Å². The van der Waals surface area contributed by atoms with Crippen LogP contribution in [0.4, 0.5) is 15.8 Å². The van der Waals surface area contributed by atoms with Crippen LogP contribution in [0.2, 0.25) is 0 Å². The van der Waals surface area contributed by atoms with Crippen molar-refractivity contribution in [3.8, 4) is 0 Å². The molecule has 0 saturated carbocycles. The highest BCUT2D eigenvalue weighted by Crippen LogP contribution is 2.33. The molecule has 6 nitrogen and oxygen atoms in total. The van der Waals surface area contributed by atoms with Crippen LogP contribution in [-0.2, 0) is 21.3 Å². The van der Waals surface area contributed by atoms with E-state index < -0.39 is 10.0 Å². The Morgan fingerprint density at radius 1 is 1.19 bits per heavy atom. The predicted molar refractivity (Wildman–Crippen MR) is 125 cm³/mol. The Balaban J connectivity index is 1.62. The summed E-state index contributed by atoms with van der Waals surface area (Å²) in [5, 5.41) is 2.14. The molecule has 2 aromatic carbocycles. The van der Waals surface area contributed by atoms with Gasteiger partial charge in [0, 0.05) is 32.8 Å². The van der Waals surface area contributed by atoms with Gasteiger partial charge in [0.1, 0.15) is 5.82 Å². The summed E-state index contributed by atoms with van der Waals surface area (Å²) in [4.78, 5) is 0.260. The van der Waals surface area contributed by atoms with Crippen LogP contribution in [-0.4, -0.2) is 34.7 Å². The predicted octanol–water partition coefficient (Wildman–Crippen LogP) is 4.24. The molecule has 2 heterocycles. The lowest BCUT2D eigenvalue weighted by molar-refractivity contribution is 0.0677. The molecule has 2 aromatic rings. The van der Waals surface area contributed by atoms with Gasteiger partial charge in [-0.3, -0.25) is 4.31 Å². The van der Waals surface area contributed by atoms with Crippen LogP contribution in [0.15, 0.2) is 41.3 Å². The average molecular weight is 462 g/mol. The summed E-state index contributed by atoms with van der Waals surface area (Å²) < 4.78 is 47.9. The maximum Gasteiger partial charge on any atom is 0.264 e. The number of nitrogens with zero attached hydrogens (tertiary/aromatic N) is 2. The fourth-order valence-electron chi connectivity index (χ4n) is 4.43. The second kappa shape index (κ2) is 9.37. The van der Waals surface area contributed by atoms with Crippen LogP contribution < -0.4 is 14.7 Å². The third-order valence-corrected chi connectivity index (χ3v) is 7.91. The van der Waals surface area contributed by atoms with Gasteiger partial charge in [-0.05, 0) is 79.1 Å². The largest absolute Gasteiger partial charge is 0.381 e. The lowest BCUT2D eigenvalue weighted by Crippen LogP contribution is -2.38. The molecule has 1 N–H and O–H groups in total. The number of nitrogens with one attached hydrogen (secondary N) is 1. The highest BCUT2D eigenvalue weighted by Gasteiger charge is 2.30. The minimum atomic E-state index is -3.80. The quantitative estimate of drug-likeness (QED) is 0.668. The van der Waals surface area contributed by atoms with Gasteiger partial charge in [-0.2, -0.15) is 0 Å². The summed E-state index contributed by atoms with van der Waals surface area (Å²) >= 11 is 0. The SMILES string of the molecule is Cc1cc(F)ccc1N(CC(C)C)S(=O)(=O)c1ccc2c(c1)CNN2CC1CCOCC1. The number of fused-ring (bicyclic) bond motifs is 1. The Morgan fingerprint density at radius 2 is 1.94 bits per heavy atom. The summed E-state index contributed by atoms with van der Waals surface area (Å²) in [5.41, 5.74) is 6.51. The average Bonchev–Trinajstić information content (AvgIpc) is 3.15. The molecular formula is C24H32FN3O3S. The fourth-order valence-corrected chi connectivity index (χ4v) is 6.17. The van der Waals surface area contributed by atoms with E-state index in [4.69, 9.17) is 4.74 Å². The van der Waals surface area contributed by atoms with Crippen molar-refractivity contribution in [2.75, 3.05) is 35.6 Å². The molecule has 174 valence electrons. The molecule has 2 aliphatic rings. The van der Waals surface area contributed by atoms with E-state index in [2.05, 4.69) is 10.4 Å². The Bertz CT molecular complexity index is 1070. The molecule has 32 heavy (non-hydrogen) atoms. The lowest BCUT2D eigenvalue weighted by atomic mass is 10.00. The van der Waals surface area contributed by atoms with Crippen molar-refractivity contribution in [2.24, 2.45) is 11.8 Å². The first-order chi connectivity index (χ1) is 15.3. The molecule has 0 atom stereocenters. The molecule has 8 heteroatoms. The van der Waals surface area contributed by atoms with Crippen LogP contribution in [0.3, 0.4) is 0 Å². The van der Waals surface area contributed by atoms with E-state index >= 15 is 0 Å². The number of hydrazine groups is 1. The molecule has 0 unspecified atom stereocenters.